The monoisotopic (exact) mass is 276 g/mol. The molecule has 0 radical (unpaired) electrons. The van der Waals surface area contributed by atoms with Crippen molar-refractivity contribution in [2.45, 2.75) is 52.3 Å². The highest BCUT2D eigenvalue weighted by Gasteiger charge is 2.39. The van der Waals surface area contributed by atoms with E-state index in [9.17, 15) is 18.0 Å². The van der Waals surface area contributed by atoms with Crippen LogP contribution in [0.2, 0.25) is 0 Å². The second-order valence-corrected chi connectivity index (χ2v) is 4.69. The van der Waals surface area contributed by atoms with E-state index in [0.717, 1.165) is 31.9 Å². The van der Waals surface area contributed by atoms with Gasteiger partial charge in [0.15, 0.2) is 0 Å². The summed E-state index contributed by atoms with van der Waals surface area (Å²) >= 11 is 0. The number of rotatable bonds is 7. The minimum absolute atomic E-state index is 0.383. The van der Waals surface area contributed by atoms with Gasteiger partial charge < -0.3 is 0 Å². The molecule has 0 fully saturated rings. The van der Waals surface area contributed by atoms with Gasteiger partial charge in [-0.2, -0.15) is 18.3 Å². The predicted molar refractivity (Wildman–Crippen MR) is 65.9 cm³/mol. The van der Waals surface area contributed by atoms with E-state index in [1.807, 2.05) is 6.92 Å². The van der Waals surface area contributed by atoms with Crippen LogP contribution < -0.4 is 0 Å². The van der Waals surface area contributed by atoms with Crippen molar-refractivity contribution in [3.05, 3.63) is 18.0 Å². The first-order valence-corrected chi connectivity index (χ1v) is 6.52. The maximum absolute atomic E-state index is 12.3. The zero-order valence-electron chi connectivity index (χ0n) is 11.2. The summed E-state index contributed by atoms with van der Waals surface area (Å²) in [7, 11) is 0. The molecule has 0 saturated heterocycles. The van der Waals surface area contributed by atoms with Gasteiger partial charge in [0.1, 0.15) is 0 Å². The molecule has 0 aromatic carbocycles. The van der Waals surface area contributed by atoms with Gasteiger partial charge in [-0.1, -0.05) is 33.1 Å². The number of unbranched alkanes of at least 4 members (excludes halogenated alkanes) is 1. The maximum atomic E-state index is 12.3. The van der Waals surface area contributed by atoms with E-state index in [4.69, 9.17) is 0 Å². The lowest BCUT2D eigenvalue weighted by Gasteiger charge is -2.14. The normalized spacial score (nSPS) is 13.5. The van der Waals surface area contributed by atoms with Crippen molar-refractivity contribution in [2.24, 2.45) is 5.92 Å². The van der Waals surface area contributed by atoms with Crippen LogP contribution in [0.4, 0.5) is 13.2 Å². The molecular weight excluding hydrogens is 257 g/mol. The Balaban J connectivity index is 2.66. The predicted octanol–water partition coefficient (Wildman–Crippen LogP) is 3.84. The molecule has 1 unspecified atom stereocenters. The van der Waals surface area contributed by atoms with E-state index in [2.05, 4.69) is 12.0 Å². The van der Waals surface area contributed by atoms with Crippen LogP contribution in [0.5, 0.6) is 0 Å². The molecule has 0 N–H and O–H groups in total. The molecule has 108 valence electrons. The fourth-order valence-corrected chi connectivity index (χ4v) is 1.93. The van der Waals surface area contributed by atoms with Gasteiger partial charge in [0.05, 0.1) is 11.8 Å². The first-order chi connectivity index (χ1) is 8.88. The smallest absolute Gasteiger partial charge is 0.284 e. The van der Waals surface area contributed by atoms with Crippen LogP contribution in [0.15, 0.2) is 12.4 Å². The van der Waals surface area contributed by atoms with E-state index in [-0.39, 0.29) is 0 Å². The molecule has 0 saturated carbocycles. The molecule has 0 aliphatic rings. The Morgan fingerprint density at radius 3 is 2.63 bits per heavy atom. The fourth-order valence-electron chi connectivity index (χ4n) is 1.93. The molecule has 6 heteroatoms. The van der Waals surface area contributed by atoms with Crippen molar-refractivity contribution in [3.8, 4) is 0 Å². The van der Waals surface area contributed by atoms with Crippen LogP contribution in [-0.4, -0.2) is 21.7 Å². The molecule has 1 aromatic rings. The number of carbonyl (C=O) groups is 1. The molecule has 0 spiro atoms. The van der Waals surface area contributed by atoms with E-state index < -0.39 is 17.5 Å². The summed E-state index contributed by atoms with van der Waals surface area (Å²) in [6.45, 7) is 4.70. The Kier molecular flexibility index (Phi) is 5.57. The van der Waals surface area contributed by atoms with Crippen LogP contribution in [0.1, 0.15) is 49.9 Å². The molecule has 0 amide bonds. The van der Waals surface area contributed by atoms with Gasteiger partial charge >= 0.3 is 6.18 Å². The lowest BCUT2D eigenvalue weighted by atomic mass is 9.99. The zero-order valence-corrected chi connectivity index (χ0v) is 11.2. The number of nitrogens with zero attached hydrogens (tertiary/aromatic N) is 2. The Labute approximate surface area is 110 Å². The van der Waals surface area contributed by atoms with Crippen LogP contribution in [0.25, 0.3) is 0 Å². The lowest BCUT2D eigenvalue weighted by Crippen LogP contribution is -2.22. The number of Topliss-reactive ketones (excluding diaryl/α,β-unsaturated/α-hetero) is 1. The second-order valence-electron chi connectivity index (χ2n) is 4.69. The van der Waals surface area contributed by atoms with Crippen molar-refractivity contribution >= 4 is 5.78 Å². The summed E-state index contributed by atoms with van der Waals surface area (Å²) in [6, 6.07) is 0. The zero-order chi connectivity index (χ0) is 14.5. The number of halogens is 3. The highest BCUT2D eigenvalue weighted by molar-refractivity contribution is 5.99. The topological polar surface area (TPSA) is 34.9 Å². The van der Waals surface area contributed by atoms with Crippen LogP contribution in [0.3, 0.4) is 0 Å². The van der Waals surface area contributed by atoms with Gasteiger partial charge in [-0.25, -0.2) is 0 Å². The number of aromatic nitrogens is 2. The van der Waals surface area contributed by atoms with Crippen molar-refractivity contribution in [1.82, 2.24) is 9.78 Å². The number of hydrogen-bond acceptors (Lipinski definition) is 2. The number of hydrogen-bond donors (Lipinski definition) is 0. The van der Waals surface area contributed by atoms with E-state index in [1.54, 1.807) is 0 Å². The third-order valence-electron chi connectivity index (χ3n) is 3.14. The summed E-state index contributed by atoms with van der Waals surface area (Å²) in [5.74, 6) is -1.45. The third-order valence-corrected chi connectivity index (χ3v) is 3.14. The van der Waals surface area contributed by atoms with Gasteiger partial charge in [0.2, 0.25) is 0 Å². The summed E-state index contributed by atoms with van der Waals surface area (Å²) in [5, 5.41) is 3.84. The molecule has 0 aliphatic carbocycles. The summed E-state index contributed by atoms with van der Waals surface area (Å²) in [6.07, 6.45) is 1.49. The van der Waals surface area contributed by atoms with Crippen LogP contribution in [-0.2, 0) is 6.54 Å². The van der Waals surface area contributed by atoms with Crippen molar-refractivity contribution < 1.29 is 18.0 Å². The summed E-state index contributed by atoms with van der Waals surface area (Å²) < 4.78 is 38.2. The number of alkyl halides is 3. The van der Waals surface area contributed by atoms with E-state index in [1.165, 1.54) is 10.9 Å². The highest BCUT2D eigenvalue weighted by Crippen LogP contribution is 2.21. The first kappa shape index (κ1) is 15.7. The molecule has 1 heterocycles. The Hall–Kier alpha value is -1.33. The van der Waals surface area contributed by atoms with Crippen LogP contribution in [0, 0.1) is 5.92 Å². The quantitative estimate of drug-likeness (QED) is 0.709. The van der Waals surface area contributed by atoms with E-state index >= 15 is 0 Å². The molecule has 1 aromatic heterocycles. The lowest BCUT2D eigenvalue weighted by molar-refractivity contribution is -0.0885. The molecule has 1 rings (SSSR count). The minimum atomic E-state index is -4.83. The molecule has 1 atom stereocenters. The molecule has 0 aliphatic heterocycles. The minimum Gasteiger partial charge on any atom is -0.284 e. The van der Waals surface area contributed by atoms with Crippen molar-refractivity contribution in [2.75, 3.05) is 0 Å². The third kappa shape index (κ3) is 4.69. The van der Waals surface area contributed by atoms with Gasteiger partial charge in [-0.05, 0) is 12.3 Å². The largest absolute Gasteiger partial charge is 0.454 e. The molecule has 19 heavy (non-hydrogen) atoms. The Morgan fingerprint density at radius 2 is 2.11 bits per heavy atom. The van der Waals surface area contributed by atoms with Gasteiger partial charge in [0.25, 0.3) is 5.78 Å². The van der Waals surface area contributed by atoms with Gasteiger partial charge in [-0.3, -0.25) is 9.48 Å². The van der Waals surface area contributed by atoms with Gasteiger partial charge in [-0.15, -0.1) is 0 Å². The van der Waals surface area contributed by atoms with Crippen LogP contribution >= 0.6 is 0 Å². The average molecular weight is 276 g/mol. The first-order valence-electron chi connectivity index (χ1n) is 6.52. The number of ketones is 1. The summed E-state index contributed by atoms with van der Waals surface area (Å²) in [4.78, 5) is 11.0. The molecule has 3 nitrogen and oxygen atoms in total. The highest BCUT2D eigenvalue weighted by atomic mass is 19.4. The summed E-state index contributed by atoms with van der Waals surface area (Å²) in [5.41, 5.74) is -0.391. The van der Waals surface area contributed by atoms with Crippen molar-refractivity contribution in [3.63, 3.8) is 0 Å². The second kappa shape index (κ2) is 6.73. The standard InChI is InChI=1S/C13H19F3N2O/c1-3-5-6-10(4-2)8-18-9-11(7-17-18)12(19)13(14,15)16/h7,9-10H,3-6,8H2,1-2H3. The van der Waals surface area contributed by atoms with E-state index in [0.29, 0.717) is 12.5 Å². The fraction of sp³-hybridized carbons (Fsp3) is 0.692. The Bertz CT molecular complexity index is 412. The number of carbonyl (C=O) groups excluding carboxylic acids is 1. The van der Waals surface area contributed by atoms with Gasteiger partial charge in [0, 0.05) is 12.7 Å². The average Bonchev–Trinajstić information content (AvgIpc) is 2.80. The Morgan fingerprint density at radius 1 is 1.42 bits per heavy atom. The van der Waals surface area contributed by atoms with Crippen molar-refractivity contribution in [1.29, 1.82) is 0 Å². The SMILES string of the molecule is CCCCC(CC)Cn1cc(C(=O)C(F)(F)F)cn1. The molecular formula is C13H19F3N2O. The maximum Gasteiger partial charge on any atom is 0.454 e. The molecule has 0 bridgehead atoms.